The van der Waals surface area contributed by atoms with Gasteiger partial charge in [0.05, 0.1) is 0 Å². The van der Waals surface area contributed by atoms with Gasteiger partial charge in [-0.25, -0.2) is 0 Å². The lowest BCUT2D eigenvalue weighted by Gasteiger charge is -2.08. The Kier molecular flexibility index (Phi) is 2.67. The van der Waals surface area contributed by atoms with Gasteiger partial charge in [-0.3, -0.25) is 0 Å². The molecule has 1 fully saturated rings. The Labute approximate surface area is 102 Å². The fourth-order valence-corrected chi connectivity index (χ4v) is 2.55. The fraction of sp³-hybridized carbons (Fsp3) is 0.467. The van der Waals surface area contributed by atoms with Gasteiger partial charge in [-0.2, -0.15) is 0 Å². The van der Waals surface area contributed by atoms with Crippen molar-refractivity contribution in [3.63, 3.8) is 0 Å². The van der Waals surface area contributed by atoms with Gasteiger partial charge in [0.15, 0.2) is 0 Å². The molecule has 1 aliphatic rings. The lowest BCUT2D eigenvalue weighted by molar-refractivity contribution is 0.647. The number of hydrogen-bond acceptors (Lipinski definition) is 1. The van der Waals surface area contributed by atoms with Gasteiger partial charge < -0.3 is 10.3 Å². The summed E-state index contributed by atoms with van der Waals surface area (Å²) in [6.45, 7) is 3.26. The molecule has 2 aromatic rings. The van der Waals surface area contributed by atoms with Crippen LogP contribution in [0.15, 0.2) is 30.5 Å². The van der Waals surface area contributed by atoms with E-state index in [9.17, 15) is 0 Å². The van der Waals surface area contributed by atoms with Crippen LogP contribution >= 0.6 is 0 Å². The van der Waals surface area contributed by atoms with Gasteiger partial charge in [-0.05, 0) is 49.8 Å². The van der Waals surface area contributed by atoms with Crippen LogP contribution < -0.4 is 5.73 Å². The lowest BCUT2D eigenvalue weighted by atomic mass is 10.0. The molecule has 1 atom stereocenters. The van der Waals surface area contributed by atoms with Crippen LogP contribution in [0.1, 0.15) is 25.3 Å². The van der Waals surface area contributed by atoms with E-state index in [4.69, 9.17) is 5.73 Å². The van der Waals surface area contributed by atoms with Crippen molar-refractivity contribution < 1.29 is 0 Å². The molecule has 0 aliphatic heterocycles. The van der Waals surface area contributed by atoms with Crippen molar-refractivity contribution in [3.8, 4) is 0 Å². The standard InChI is InChI=1S/C15H20N2/c1-11(16)9-13-3-2-4-15-14(13)7-8-17(15)10-12-5-6-12/h2-4,7-8,11-12H,5-6,9-10,16H2,1H3. The molecular weight excluding hydrogens is 208 g/mol. The molecule has 1 aliphatic carbocycles. The molecule has 90 valence electrons. The smallest absolute Gasteiger partial charge is 0.0483 e. The summed E-state index contributed by atoms with van der Waals surface area (Å²) in [5.41, 5.74) is 8.66. The summed E-state index contributed by atoms with van der Waals surface area (Å²) in [6, 6.07) is 9.06. The van der Waals surface area contributed by atoms with Crippen molar-refractivity contribution in [2.24, 2.45) is 11.7 Å². The van der Waals surface area contributed by atoms with E-state index in [-0.39, 0.29) is 6.04 Å². The molecule has 1 aromatic heterocycles. The summed E-state index contributed by atoms with van der Waals surface area (Å²) in [5.74, 6) is 0.919. The van der Waals surface area contributed by atoms with Crippen LogP contribution in [0.4, 0.5) is 0 Å². The molecule has 2 nitrogen and oxygen atoms in total. The Morgan fingerprint density at radius 3 is 2.88 bits per heavy atom. The molecule has 3 rings (SSSR count). The first-order valence-corrected chi connectivity index (χ1v) is 6.56. The number of hydrogen-bond donors (Lipinski definition) is 1. The summed E-state index contributed by atoms with van der Waals surface area (Å²) < 4.78 is 2.40. The molecule has 0 radical (unpaired) electrons. The Morgan fingerprint density at radius 2 is 2.18 bits per heavy atom. The zero-order chi connectivity index (χ0) is 11.8. The third-order valence-electron chi connectivity index (χ3n) is 3.60. The maximum absolute atomic E-state index is 5.91. The minimum atomic E-state index is 0.229. The van der Waals surface area contributed by atoms with Crippen LogP contribution in [0.3, 0.4) is 0 Å². The average Bonchev–Trinajstić information content (AvgIpc) is 2.99. The Balaban J connectivity index is 1.98. The summed E-state index contributed by atoms with van der Waals surface area (Å²) in [6.07, 6.45) is 6.00. The summed E-state index contributed by atoms with van der Waals surface area (Å²) >= 11 is 0. The van der Waals surface area contributed by atoms with Gasteiger partial charge >= 0.3 is 0 Å². The van der Waals surface area contributed by atoms with Crippen LogP contribution in [0.5, 0.6) is 0 Å². The second kappa shape index (κ2) is 4.19. The lowest BCUT2D eigenvalue weighted by Crippen LogP contribution is -2.17. The van der Waals surface area contributed by atoms with E-state index >= 15 is 0 Å². The van der Waals surface area contributed by atoms with Crippen LogP contribution in [0.25, 0.3) is 10.9 Å². The van der Waals surface area contributed by atoms with E-state index in [1.165, 1.54) is 35.9 Å². The first kappa shape index (κ1) is 10.8. The molecule has 17 heavy (non-hydrogen) atoms. The SMILES string of the molecule is CC(N)Cc1cccc2c1ccn2CC1CC1. The van der Waals surface area contributed by atoms with Crippen LogP contribution in [-0.4, -0.2) is 10.6 Å². The van der Waals surface area contributed by atoms with Crippen molar-refractivity contribution in [1.29, 1.82) is 0 Å². The number of fused-ring (bicyclic) bond motifs is 1. The summed E-state index contributed by atoms with van der Waals surface area (Å²) in [5, 5.41) is 1.38. The largest absolute Gasteiger partial charge is 0.347 e. The number of nitrogens with two attached hydrogens (primary N) is 1. The highest BCUT2D eigenvalue weighted by Crippen LogP contribution is 2.32. The maximum atomic E-state index is 5.91. The third-order valence-corrected chi connectivity index (χ3v) is 3.60. The first-order valence-electron chi connectivity index (χ1n) is 6.56. The predicted molar refractivity (Wildman–Crippen MR) is 72.0 cm³/mol. The van der Waals surface area contributed by atoms with E-state index in [1.807, 2.05) is 0 Å². The third kappa shape index (κ3) is 2.22. The molecule has 0 bridgehead atoms. The molecule has 0 spiro atoms. The molecule has 1 heterocycles. The van der Waals surface area contributed by atoms with Crippen molar-refractivity contribution in [2.45, 2.75) is 38.8 Å². The Morgan fingerprint density at radius 1 is 1.35 bits per heavy atom. The highest BCUT2D eigenvalue weighted by molar-refractivity contribution is 5.83. The predicted octanol–water partition coefficient (Wildman–Crippen LogP) is 2.94. The number of nitrogens with zero attached hydrogens (tertiary/aromatic N) is 1. The molecular formula is C15H20N2. The van der Waals surface area contributed by atoms with Crippen molar-refractivity contribution in [3.05, 3.63) is 36.0 Å². The normalized spacial score (nSPS) is 17.5. The molecule has 1 saturated carbocycles. The molecule has 1 aromatic carbocycles. The topological polar surface area (TPSA) is 30.9 Å². The number of rotatable bonds is 4. The van der Waals surface area contributed by atoms with Crippen LogP contribution in [0, 0.1) is 5.92 Å². The Bertz CT molecular complexity index is 521. The highest BCUT2D eigenvalue weighted by atomic mass is 15.0. The van der Waals surface area contributed by atoms with E-state index in [0.717, 1.165) is 12.3 Å². The number of aromatic nitrogens is 1. The highest BCUT2D eigenvalue weighted by Gasteiger charge is 2.22. The average molecular weight is 228 g/mol. The zero-order valence-corrected chi connectivity index (χ0v) is 10.4. The van der Waals surface area contributed by atoms with Gasteiger partial charge in [-0.15, -0.1) is 0 Å². The minimum Gasteiger partial charge on any atom is -0.347 e. The van der Waals surface area contributed by atoms with Gasteiger partial charge in [0.25, 0.3) is 0 Å². The van der Waals surface area contributed by atoms with Crippen molar-refractivity contribution in [2.75, 3.05) is 0 Å². The minimum absolute atomic E-state index is 0.229. The second-order valence-corrected chi connectivity index (χ2v) is 5.44. The fourth-order valence-electron chi connectivity index (χ4n) is 2.55. The Hall–Kier alpha value is -1.28. The van der Waals surface area contributed by atoms with Gasteiger partial charge in [0.2, 0.25) is 0 Å². The van der Waals surface area contributed by atoms with E-state index in [2.05, 4.69) is 42.0 Å². The monoisotopic (exact) mass is 228 g/mol. The molecule has 0 amide bonds. The van der Waals surface area contributed by atoms with Crippen molar-refractivity contribution >= 4 is 10.9 Å². The molecule has 1 unspecified atom stereocenters. The van der Waals surface area contributed by atoms with Crippen molar-refractivity contribution in [1.82, 2.24) is 4.57 Å². The van der Waals surface area contributed by atoms with E-state index in [1.54, 1.807) is 0 Å². The summed E-state index contributed by atoms with van der Waals surface area (Å²) in [7, 11) is 0. The van der Waals surface area contributed by atoms with E-state index < -0.39 is 0 Å². The zero-order valence-electron chi connectivity index (χ0n) is 10.4. The molecule has 2 N–H and O–H groups in total. The first-order chi connectivity index (χ1) is 8.24. The summed E-state index contributed by atoms with van der Waals surface area (Å²) in [4.78, 5) is 0. The maximum Gasteiger partial charge on any atom is 0.0483 e. The number of benzene rings is 1. The molecule has 2 heteroatoms. The second-order valence-electron chi connectivity index (χ2n) is 5.44. The van der Waals surface area contributed by atoms with Gasteiger partial charge in [-0.1, -0.05) is 12.1 Å². The van der Waals surface area contributed by atoms with Crippen LogP contribution in [-0.2, 0) is 13.0 Å². The quantitative estimate of drug-likeness (QED) is 0.857. The van der Waals surface area contributed by atoms with E-state index in [0.29, 0.717) is 0 Å². The van der Waals surface area contributed by atoms with Gasteiger partial charge in [0, 0.05) is 29.7 Å². The van der Waals surface area contributed by atoms with Gasteiger partial charge in [0.1, 0.15) is 0 Å². The van der Waals surface area contributed by atoms with Crippen LogP contribution in [0.2, 0.25) is 0 Å². The molecule has 0 saturated heterocycles.